The van der Waals surface area contributed by atoms with Gasteiger partial charge in [0.05, 0.1) is 6.04 Å². The normalized spacial score (nSPS) is 17.2. The summed E-state index contributed by atoms with van der Waals surface area (Å²) in [6.07, 6.45) is 5.58. The second-order valence-corrected chi connectivity index (χ2v) is 6.92. The maximum atomic E-state index is 5.41. The van der Waals surface area contributed by atoms with E-state index in [4.69, 9.17) is 9.51 Å². The van der Waals surface area contributed by atoms with Crippen molar-refractivity contribution in [2.45, 2.75) is 45.6 Å². The van der Waals surface area contributed by atoms with E-state index in [1.165, 1.54) is 0 Å². The van der Waals surface area contributed by atoms with Crippen LogP contribution in [0.4, 0.5) is 5.82 Å². The van der Waals surface area contributed by atoms with Gasteiger partial charge in [-0.15, -0.1) is 0 Å². The van der Waals surface area contributed by atoms with Crippen molar-refractivity contribution in [3.05, 3.63) is 48.0 Å². The lowest BCUT2D eigenvalue weighted by atomic mass is 10.2. The van der Waals surface area contributed by atoms with E-state index in [0.717, 1.165) is 42.3 Å². The van der Waals surface area contributed by atoms with E-state index < -0.39 is 0 Å². The van der Waals surface area contributed by atoms with Crippen LogP contribution < -0.4 is 4.90 Å². The van der Waals surface area contributed by atoms with Crippen molar-refractivity contribution in [1.29, 1.82) is 0 Å². The number of aryl methyl sites for hydroxylation is 1. The zero-order chi connectivity index (χ0) is 18.1. The van der Waals surface area contributed by atoms with Crippen molar-refractivity contribution in [2.24, 2.45) is 0 Å². The quantitative estimate of drug-likeness (QED) is 0.709. The van der Waals surface area contributed by atoms with Gasteiger partial charge in [-0.25, -0.2) is 9.97 Å². The fourth-order valence-corrected chi connectivity index (χ4v) is 3.26. The molecule has 1 aliphatic heterocycles. The molecule has 1 aliphatic rings. The highest BCUT2D eigenvalue weighted by Gasteiger charge is 2.31. The minimum absolute atomic E-state index is 0.0887. The van der Waals surface area contributed by atoms with Gasteiger partial charge >= 0.3 is 0 Å². The molecule has 0 bridgehead atoms. The SMILES string of the molecule is Cc1cc(N2CCCC2c2noc(C(C)C)n2)nc(-c2ccncc2)n1. The van der Waals surface area contributed by atoms with Gasteiger partial charge in [-0.2, -0.15) is 4.98 Å². The van der Waals surface area contributed by atoms with Crippen LogP contribution in [0.2, 0.25) is 0 Å². The first kappa shape index (κ1) is 16.6. The Morgan fingerprint density at radius 2 is 1.96 bits per heavy atom. The molecule has 1 atom stereocenters. The van der Waals surface area contributed by atoms with Gasteiger partial charge in [0.1, 0.15) is 5.82 Å². The molecule has 0 aromatic carbocycles. The first-order valence-corrected chi connectivity index (χ1v) is 8.98. The minimum atomic E-state index is 0.0887. The number of aromatic nitrogens is 5. The highest BCUT2D eigenvalue weighted by molar-refractivity contribution is 5.57. The molecule has 1 fully saturated rings. The topological polar surface area (TPSA) is 80.8 Å². The van der Waals surface area contributed by atoms with Crippen LogP contribution in [0.25, 0.3) is 11.4 Å². The molecule has 4 rings (SSSR count). The zero-order valence-electron chi connectivity index (χ0n) is 15.3. The van der Waals surface area contributed by atoms with Crippen molar-refractivity contribution in [3.8, 4) is 11.4 Å². The van der Waals surface area contributed by atoms with Crippen LogP contribution in [-0.4, -0.2) is 31.6 Å². The van der Waals surface area contributed by atoms with E-state index in [1.54, 1.807) is 12.4 Å². The highest BCUT2D eigenvalue weighted by Crippen LogP contribution is 2.35. The summed E-state index contributed by atoms with van der Waals surface area (Å²) >= 11 is 0. The fraction of sp³-hybridized carbons (Fsp3) is 0.421. The van der Waals surface area contributed by atoms with Gasteiger partial charge in [0, 0.05) is 42.2 Å². The van der Waals surface area contributed by atoms with Crippen LogP contribution in [-0.2, 0) is 0 Å². The Balaban J connectivity index is 1.68. The van der Waals surface area contributed by atoms with Gasteiger partial charge in [0.15, 0.2) is 11.6 Å². The Morgan fingerprint density at radius 1 is 1.15 bits per heavy atom. The minimum Gasteiger partial charge on any atom is -0.346 e. The predicted molar refractivity (Wildman–Crippen MR) is 97.7 cm³/mol. The molecule has 4 heterocycles. The first-order valence-electron chi connectivity index (χ1n) is 8.98. The third-order valence-electron chi connectivity index (χ3n) is 4.58. The summed E-state index contributed by atoms with van der Waals surface area (Å²) in [6, 6.07) is 5.96. The van der Waals surface area contributed by atoms with Crippen molar-refractivity contribution in [3.63, 3.8) is 0 Å². The molecule has 0 amide bonds. The Labute approximate surface area is 152 Å². The van der Waals surface area contributed by atoms with Gasteiger partial charge in [0.25, 0.3) is 0 Å². The molecule has 7 nitrogen and oxygen atoms in total. The lowest BCUT2D eigenvalue weighted by Gasteiger charge is -2.24. The number of pyridine rings is 1. The van der Waals surface area contributed by atoms with E-state index in [1.807, 2.05) is 25.1 Å². The largest absolute Gasteiger partial charge is 0.346 e. The molecule has 0 N–H and O–H groups in total. The molecular formula is C19H22N6O. The molecule has 3 aromatic heterocycles. The maximum Gasteiger partial charge on any atom is 0.229 e. The summed E-state index contributed by atoms with van der Waals surface area (Å²) in [5, 5.41) is 4.22. The molecule has 0 spiro atoms. The van der Waals surface area contributed by atoms with Crippen LogP contribution in [0.3, 0.4) is 0 Å². The van der Waals surface area contributed by atoms with Crippen LogP contribution in [0.5, 0.6) is 0 Å². The number of hydrogen-bond donors (Lipinski definition) is 0. The summed E-state index contributed by atoms with van der Waals surface area (Å²) in [4.78, 5) is 20.3. The summed E-state index contributed by atoms with van der Waals surface area (Å²) in [5.41, 5.74) is 1.89. The molecule has 1 unspecified atom stereocenters. The van der Waals surface area contributed by atoms with Crippen molar-refractivity contribution < 1.29 is 4.52 Å². The zero-order valence-corrected chi connectivity index (χ0v) is 15.3. The van der Waals surface area contributed by atoms with Crippen molar-refractivity contribution >= 4 is 5.82 Å². The van der Waals surface area contributed by atoms with Crippen LogP contribution in [0.1, 0.15) is 56.1 Å². The number of anilines is 1. The summed E-state index contributed by atoms with van der Waals surface area (Å²) in [5.74, 6) is 3.27. The standard InChI is InChI=1S/C19H22N6O/c1-12(2)19-23-18(24-26-19)15-5-4-10-25(15)16-11-13(3)21-17(22-16)14-6-8-20-9-7-14/h6-9,11-12,15H,4-5,10H2,1-3H3. The smallest absolute Gasteiger partial charge is 0.229 e. The fourth-order valence-electron chi connectivity index (χ4n) is 3.26. The molecule has 26 heavy (non-hydrogen) atoms. The first-order chi connectivity index (χ1) is 12.6. The lowest BCUT2D eigenvalue weighted by Crippen LogP contribution is -2.25. The Kier molecular flexibility index (Phi) is 4.36. The van der Waals surface area contributed by atoms with Crippen LogP contribution >= 0.6 is 0 Å². The number of nitrogens with zero attached hydrogens (tertiary/aromatic N) is 6. The summed E-state index contributed by atoms with van der Waals surface area (Å²) in [7, 11) is 0. The average Bonchev–Trinajstić information content (AvgIpc) is 3.31. The highest BCUT2D eigenvalue weighted by atomic mass is 16.5. The van der Waals surface area contributed by atoms with E-state index in [-0.39, 0.29) is 12.0 Å². The van der Waals surface area contributed by atoms with Gasteiger partial charge < -0.3 is 9.42 Å². The Bertz CT molecular complexity index is 892. The summed E-state index contributed by atoms with van der Waals surface area (Å²) < 4.78 is 5.41. The van der Waals surface area contributed by atoms with E-state index in [2.05, 4.69) is 38.9 Å². The average molecular weight is 350 g/mol. The Morgan fingerprint density at radius 3 is 2.69 bits per heavy atom. The van der Waals surface area contributed by atoms with Gasteiger partial charge in [-0.05, 0) is 31.9 Å². The lowest BCUT2D eigenvalue weighted by molar-refractivity contribution is 0.358. The molecular weight excluding hydrogens is 328 g/mol. The van der Waals surface area contributed by atoms with E-state index >= 15 is 0 Å². The number of rotatable bonds is 4. The van der Waals surface area contributed by atoms with Crippen LogP contribution in [0.15, 0.2) is 35.1 Å². The molecule has 0 aliphatic carbocycles. The van der Waals surface area contributed by atoms with E-state index in [0.29, 0.717) is 11.7 Å². The molecule has 7 heteroatoms. The predicted octanol–water partition coefficient (Wildman–Crippen LogP) is 3.69. The third kappa shape index (κ3) is 3.16. The third-order valence-corrected chi connectivity index (χ3v) is 4.58. The van der Waals surface area contributed by atoms with Gasteiger partial charge in [0.2, 0.25) is 5.89 Å². The Hall–Kier alpha value is -2.83. The molecule has 3 aromatic rings. The van der Waals surface area contributed by atoms with Crippen LogP contribution in [0, 0.1) is 6.92 Å². The maximum absolute atomic E-state index is 5.41. The van der Waals surface area contributed by atoms with Gasteiger partial charge in [-0.1, -0.05) is 19.0 Å². The van der Waals surface area contributed by atoms with Gasteiger partial charge in [-0.3, -0.25) is 4.98 Å². The molecule has 0 radical (unpaired) electrons. The second kappa shape index (κ2) is 6.82. The second-order valence-electron chi connectivity index (χ2n) is 6.92. The van der Waals surface area contributed by atoms with Crippen molar-refractivity contribution in [2.75, 3.05) is 11.4 Å². The van der Waals surface area contributed by atoms with Crippen molar-refractivity contribution in [1.82, 2.24) is 25.1 Å². The number of hydrogen-bond acceptors (Lipinski definition) is 7. The summed E-state index contributed by atoms with van der Waals surface area (Å²) in [6.45, 7) is 7.02. The van der Waals surface area contributed by atoms with E-state index in [9.17, 15) is 0 Å². The molecule has 134 valence electrons. The monoisotopic (exact) mass is 350 g/mol. The molecule has 1 saturated heterocycles. The molecule has 0 saturated carbocycles.